The van der Waals surface area contributed by atoms with Gasteiger partial charge < -0.3 is 9.73 Å². The molecule has 3 aromatic rings. The van der Waals surface area contributed by atoms with E-state index in [1.165, 1.54) is 12.3 Å². The highest BCUT2D eigenvalue weighted by Crippen LogP contribution is 2.18. The van der Waals surface area contributed by atoms with Crippen LogP contribution in [0.25, 0.3) is 11.3 Å². The molecule has 0 atom stereocenters. The minimum atomic E-state index is -0.346. The van der Waals surface area contributed by atoms with E-state index in [2.05, 4.69) is 10.4 Å². The van der Waals surface area contributed by atoms with Crippen molar-refractivity contribution in [1.82, 2.24) is 15.1 Å². The van der Waals surface area contributed by atoms with Crippen molar-refractivity contribution < 1.29 is 9.21 Å². The van der Waals surface area contributed by atoms with Gasteiger partial charge in [0.2, 0.25) is 5.91 Å². The summed E-state index contributed by atoms with van der Waals surface area (Å²) in [6.07, 6.45) is 1.53. The number of nitrogens with zero attached hydrogens (tertiary/aromatic N) is 2. The molecule has 2 aromatic heterocycles. The van der Waals surface area contributed by atoms with E-state index in [4.69, 9.17) is 16.0 Å². The Kier molecular flexibility index (Phi) is 4.77. The Labute approximate surface area is 142 Å². The van der Waals surface area contributed by atoms with Gasteiger partial charge in [0.25, 0.3) is 5.56 Å². The third kappa shape index (κ3) is 3.91. The predicted molar refractivity (Wildman–Crippen MR) is 89.5 cm³/mol. The van der Waals surface area contributed by atoms with Gasteiger partial charge >= 0.3 is 0 Å². The second kappa shape index (κ2) is 7.14. The van der Waals surface area contributed by atoms with E-state index >= 15 is 0 Å². The molecular weight excluding hydrogens is 330 g/mol. The van der Waals surface area contributed by atoms with Gasteiger partial charge in [-0.2, -0.15) is 5.10 Å². The Hall–Kier alpha value is -2.86. The standard InChI is InChI=1S/C17H14ClN3O3/c18-13-5-3-12(4-6-13)15-7-8-17(23)21(20-15)11-16(22)19-10-14-2-1-9-24-14/h1-9H,10-11H2,(H,19,22). The average molecular weight is 344 g/mol. The van der Waals surface area contributed by atoms with Crippen LogP contribution in [0.3, 0.4) is 0 Å². The molecule has 0 spiro atoms. The van der Waals surface area contributed by atoms with Gasteiger partial charge in [-0.15, -0.1) is 0 Å². The van der Waals surface area contributed by atoms with Crippen molar-refractivity contribution in [1.29, 1.82) is 0 Å². The van der Waals surface area contributed by atoms with Crippen LogP contribution >= 0.6 is 11.6 Å². The number of carbonyl (C=O) groups is 1. The first-order chi connectivity index (χ1) is 11.6. The molecule has 6 nitrogen and oxygen atoms in total. The van der Waals surface area contributed by atoms with Gasteiger partial charge in [-0.05, 0) is 30.3 Å². The number of nitrogens with one attached hydrogen (secondary N) is 1. The number of halogens is 1. The highest BCUT2D eigenvalue weighted by Gasteiger charge is 2.08. The molecule has 0 aliphatic rings. The summed E-state index contributed by atoms with van der Waals surface area (Å²) in [6, 6.07) is 13.6. The smallest absolute Gasteiger partial charge is 0.267 e. The Balaban J connectivity index is 1.73. The van der Waals surface area contributed by atoms with Crippen molar-refractivity contribution in [2.75, 3.05) is 0 Å². The molecule has 7 heteroatoms. The van der Waals surface area contributed by atoms with Crippen LogP contribution in [-0.2, 0) is 17.9 Å². The number of aromatic nitrogens is 2. The number of rotatable bonds is 5. The molecular formula is C17H14ClN3O3. The lowest BCUT2D eigenvalue weighted by atomic mass is 10.1. The zero-order valence-corrected chi connectivity index (χ0v) is 13.4. The van der Waals surface area contributed by atoms with Crippen LogP contribution in [-0.4, -0.2) is 15.7 Å². The van der Waals surface area contributed by atoms with E-state index in [0.717, 1.165) is 10.2 Å². The average Bonchev–Trinajstić information content (AvgIpc) is 3.09. The second-order valence-corrected chi connectivity index (χ2v) is 5.51. The third-order valence-corrected chi connectivity index (χ3v) is 3.59. The predicted octanol–water partition coefficient (Wildman–Crippen LogP) is 2.47. The SMILES string of the molecule is O=C(Cn1nc(-c2ccc(Cl)cc2)ccc1=O)NCc1ccco1. The lowest BCUT2D eigenvalue weighted by molar-refractivity contribution is -0.122. The monoisotopic (exact) mass is 343 g/mol. The van der Waals surface area contributed by atoms with Crippen LogP contribution in [0.1, 0.15) is 5.76 Å². The fourth-order valence-corrected chi connectivity index (χ4v) is 2.25. The quantitative estimate of drug-likeness (QED) is 0.772. The summed E-state index contributed by atoms with van der Waals surface area (Å²) >= 11 is 5.87. The van der Waals surface area contributed by atoms with Crippen LogP contribution in [0.4, 0.5) is 0 Å². The third-order valence-electron chi connectivity index (χ3n) is 3.34. The zero-order valence-electron chi connectivity index (χ0n) is 12.6. The lowest BCUT2D eigenvalue weighted by Crippen LogP contribution is -2.33. The topological polar surface area (TPSA) is 77.1 Å². The number of carbonyl (C=O) groups excluding carboxylic acids is 1. The maximum absolute atomic E-state index is 12.0. The Morgan fingerprint density at radius 3 is 2.67 bits per heavy atom. The molecule has 24 heavy (non-hydrogen) atoms. The summed E-state index contributed by atoms with van der Waals surface area (Å²) in [7, 11) is 0. The number of amides is 1. The Morgan fingerprint density at radius 1 is 1.17 bits per heavy atom. The molecule has 0 radical (unpaired) electrons. The lowest BCUT2D eigenvalue weighted by Gasteiger charge is -2.07. The van der Waals surface area contributed by atoms with Gasteiger partial charge in [0.05, 0.1) is 18.5 Å². The van der Waals surface area contributed by atoms with Crippen molar-refractivity contribution in [3.8, 4) is 11.3 Å². The number of benzene rings is 1. The Bertz CT molecular complexity index is 886. The van der Waals surface area contributed by atoms with Gasteiger partial charge in [0.1, 0.15) is 12.3 Å². The molecule has 3 rings (SSSR count). The summed E-state index contributed by atoms with van der Waals surface area (Å²) in [6.45, 7) is 0.0957. The molecule has 122 valence electrons. The molecule has 1 N–H and O–H groups in total. The van der Waals surface area contributed by atoms with Crippen LogP contribution in [0.5, 0.6) is 0 Å². The van der Waals surface area contributed by atoms with Crippen LogP contribution in [0.15, 0.2) is 64.0 Å². The van der Waals surface area contributed by atoms with Gasteiger partial charge in [0, 0.05) is 16.7 Å². The number of furan rings is 1. The maximum atomic E-state index is 12.0. The van der Waals surface area contributed by atoms with Crippen molar-refractivity contribution >= 4 is 17.5 Å². The highest BCUT2D eigenvalue weighted by atomic mass is 35.5. The van der Waals surface area contributed by atoms with Gasteiger partial charge in [-0.3, -0.25) is 9.59 Å². The van der Waals surface area contributed by atoms with E-state index in [9.17, 15) is 9.59 Å². The van der Waals surface area contributed by atoms with Crippen molar-refractivity contribution in [3.63, 3.8) is 0 Å². The summed E-state index contributed by atoms with van der Waals surface area (Å²) in [5, 5.41) is 7.53. The van der Waals surface area contributed by atoms with E-state index in [1.807, 2.05) is 0 Å². The first-order valence-corrected chi connectivity index (χ1v) is 7.63. The fraction of sp³-hybridized carbons (Fsp3) is 0.118. The normalized spacial score (nSPS) is 10.5. The molecule has 2 heterocycles. The molecule has 0 fully saturated rings. The summed E-state index contributed by atoms with van der Waals surface area (Å²) in [4.78, 5) is 23.9. The van der Waals surface area contributed by atoms with Crippen molar-refractivity contribution in [2.45, 2.75) is 13.1 Å². The van der Waals surface area contributed by atoms with E-state index < -0.39 is 0 Å². The van der Waals surface area contributed by atoms with Crippen LogP contribution < -0.4 is 10.9 Å². The maximum Gasteiger partial charge on any atom is 0.267 e. The molecule has 0 aliphatic heterocycles. The minimum absolute atomic E-state index is 0.166. The molecule has 0 saturated carbocycles. The van der Waals surface area contributed by atoms with Crippen molar-refractivity contribution in [2.24, 2.45) is 0 Å². The molecule has 0 bridgehead atoms. The van der Waals surface area contributed by atoms with Gasteiger partial charge in [0.15, 0.2) is 0 Å². The molecule has 1 amide bonds. The fourth-order valence-electron chi connectivity index (χ4n) is 2.13. The molecule has 0 aliphatic carbocycles. The van der Waals surface area contributed by atoms with Crippen molar-refractivity contribution in [3.05, 3.63) is 75.9 Å². The molecule has 1 aromatic carbocycles. The Morgan fingerprint density at radius 2 is 1.96 bits per heavy atom. The van der Waals surface area contributed by atoms with Gasteiger partial charge in [-0.1, -0.05) is 23.7 Å². The first-order valence-electron chi connectivity index (χ1n) is 7.25. The highest BCUT2D eigenvalue weighted by molar-refractivity contribution is 6.30. The number of hydrogen-bond donors (Lipinski definition) is 1. The van der Waals surface area contributed by atoms with Gasteiger partial charge in [-0.25, -0.2) is 4.68 Å². The zero-order chi connectivity index (χ0) is 16.9. The first kappa shape index (κ1) is 16.0. The van der Waals surface area contributed by atoms with E-state index in [1.54, 1.807) is 42.5 Å². The van der Waals surface area contributed by atoms with E-state index in [0.29, 0.717) is 16.5 Å². The molecule has 0 saturated heterocycles. The minimum Gasteiger partial charge on any atom is -0.467 e. The summed E-state index contributed by atoms with van der Waals surface area (Å²) < 4.78 is 6.26. The van der Waals surface area contributed by atoms with Crippen LogP contribution in [0.2, 0.25) is 5.02 Å². The van der Waals surface area contributed by atoms with E-state index in [-0.39, 0.29) is 24.6 Å². The summed E-state index contributed by atoms with van der Waals surface area (Å²) in [5.41, 5.74) is 1.05. The second-order valence-electron chi connectivity index (χ2n) is 5.08. The van der Waals surface area contributed by atoms with Crippen LogP contribution in [0, 0.1) is 0 Å². The largest absolute Gasteiger partial charge is 0.467 e. The number of hydrogen-bond acceptors (Lipinski definition) is 4. The summed E-state index contributed by atoms with van der Waals surface area (Å²) in [5.74, 6) is 0.313. The molecule has 0 unspecified atom stereocenters.